The molecule has 6 nitrogen and oxygen atoms in total. The highest BCUT2D eigenvalue weighted by Gasteiger charge is 2.18. The van der Waals surface area contributed by atoms with Crippen LogP contribution in [-0.4, -0.2) is 32.0 Å². The van der Waals surface area contributed by atoms with Crippen molar-refractivity contribution in [3.05, 3.63) is 65.4 Å². The van der Waals surface area contributed by atoms with E-state index in [0.717, 1.165) is 10.9 Å². The number of aryl methyl sites for hydroxylation is 1. The van der Waals surface area contributed by atoms with E-state index in [4.69, 9.17) is 9.15 Å². The monoisotopic (exact) mass is 366 g/mol. The summed E-state index contributed by atoms with van der Waals surface area (Å²) in [7, 11) is 1.58. The van der Waals surface area contributed by atoms with Crippen LogP contribution in [0.2, 0.25) is 0 Å². The van der Waals surface area contributed by atoms with Gasteiger partial charge in [-0.05, 0) is 36.8 Å². The zero-order valence-electron chi connectivity index (χ0n) is 15.4. The van der Waals surface area contributed by atoms with Crippen molar-refractivity contribution in [1.82, 2.24) is 10.6 Å². The molecular weight excluding hydrogens is 344 g/mol. The average Bonchev–Trinajstić information content (AvgIpc) is 3.09. The first-order chi connectivity index (χ1) is 13.1. The number of ether oxygens (including phenoxy) is 1. The largest absolute Gasteiger partial charge is 0.492 e. The van der Waals surface area contributed by atoms with Crippen LogP contribution in [0.1, 0.15) is 33.4 Å². The van der Waals surface area contributed by atoms with Crippen LogP contribution >= 0.6 is 0 Å². The van der Waals surface area contributed by atoms with Crippen molar-refractivity contribution in [2.45, 2.75) is 13.3 Å². The summed E-state index contributed by atoms with van der Waals surface area (Å²) in [6, 6.07) is 14.5. The van der Waals surface area contributed by atoms with Gasteiger partial charge in [-0.3, -0.25) is 9.59 Å². The van der Waals surface area contributed by atoms with Crippen molar-refractivity contribution in [3.63, 3.8) is 0 Å². The Bertz CT molecular complexity index is 944. The second-order valence-electron chi connectivity index (χ2n) is 5.97. The van der Waals surface area contributed by atoms with Gasteiger partial charge in [0, 0.05) is 23.6 Å². The number of hydrogen-bond acceptors (Lipinski definition) is 4. The molecule has 0 bridgehead atoms. The Morgan fingerprint density at radius 1 is 1.04 bits per heavy atom. The van der Waals surface area contributed by atoms with Gasteiger partial charge in [-0.15, -0.1) is 0 Å². The molecule has 0 aliphatic heterocycles. The predicted molar refractivity (Wildman–Crippen MR) is 103 cm³/mol. The Kier molecular flexibility index (Phi) is 5.76. The second kappa shape index (κ2) is 8.40. The lowest BCUT2D eigenvalue weighted by atomic mass is 10.1. The van der Waals surface area contributed by atoms with Gasteiger partial charge < -0.3 is 19.8 Å². The lowest BCUT2D eigenvalue weighted by molar-refractivity contribution is 0.0918. The molecule has 0 saturated carbocycles. The van der Waals surface area contributed by atoms with E-state index < -0.39 is 0 Å². The molecule has 0 fully saturated rings. The number of hydrogen-bond donors (Lipinski definition) is 2. The fourth-order valence-corrected chi connectivity index (χ4v) is 2.89. The van der Waals surface area contributed by atoms with Gasteiger partial charge in [0.05, 0.1) is 6.54 Å². The number of fused-ring (bicyclic) bond motifs is 1. The summed E-state index contributed by atoms with van der Waals surface area (Å²) in [6.07, 6.45) is 0.716. The maximum atomic E-state index is 12.5. The van der Waals surface area contributed by atoms with Crippen molar-refractivity contribution in [2.24, 2.45) is 0 Å². The molecule has 0 radical (unpaired) electrons. The Hall–Kier alpha value is -3.28. The quantitative estimate of drug-likeness (QED) is 0.630. The molecule has 6 heteroatoms. The highest BCUT2D eigenvalue weighted by Crippen LogP contribution is 2.26. The molecule has 0 aliphatic rings. The normalized spacial score (nSPS) is 10.6. The molecule has 27 heavy (non-hydrogen) atoms. The molecule has 140 valence electrons. The topological polar surface area (TPSA) is 80.6 Å². The minimum absolute atomic E-state index is 0.147. The summed E-state index contributed by atoms with van der Waals surface area (Å²) in [6.45, 7) is 2.66. The molecule has 3 aromatic rings. The van der Waals surface area contributed by atoms with Gasteiger partial charge in [0.1, 0.15) is 17.9 Å². The van der Waals surface area contributed by atoms with Crippen LogP contribution in [0.5, 0.6) is 5.75 Å². The molecule has 0 atom stereocenters. The molecule has 3 rings (SSSR count). The number of nitrogens with one attached hydrogen (secondary N) is 2. The first kappa shape index (κ1) is 18.5. The third kappa shape index (κ3) is 4.11. The van der Waals surface area contributed by atoms with Crippen molar-refractivity contribution in [1.29, 1.82) is 0 Å². The summed E-state index contributed by atoms with van der Waals surface area (Å²) in [5.74, 6) is 0.594. The lowest BCUT2D eigenvalue weighted by Crippen LogP contribution is -2.28. The van der Waals surface area contributed by atoms with Crippen molar-refractivity contribution >= 4 is 22.8 Å². The molecule has 1 heterocycles. The first-order valence-corrected chi connectivity index (χ1v) is 8.87. The second-order valence-corrected chi connectivity index (χ2v) is 5.97. The minimum atomic E-state index is -0.249. The van der Waals surface area contributed by atoms with Crippen LogP contribution in [0.25, 0.3) is 11.0 Å². The molecule has 0 unspecified atom stereocenters. The van der Waals surface area contributed by atoms with E-state index in [0.29, 0.717) is 42.2 Å². The van der Waals surface area contributed by atoms with E-state index in [2.05, 4.69) is 10.6 Å². The summed E-state index contributed by atoms with van der Waals surface area (Å²) in [5.41, 5.74) is 2.19. The molecule has 0 saturated heterocycles. The van der Waals surface area contributed by atoms with E-state index in [9.17, 15) is 9.59 Å². The summed E-state index contributed by atoms with van der Waals surface area (Å²) >= 11 is 0. The van der Waals surface area contributed by atoms with Gasteiger partial charge >= 0.3 is 0 Å². The number of benzene rings is 2. The third-order valence-electron chi connectivity index (χ3n) is 4.26. The van der Waals surface area contributed by atoms with Crippen LogP contribution in [-0.2, 0) is 6.42 Å². The SMILES string of the molecule is CCc1c(C(=O)NCCOc2ccc(C(=O)NC)cc2)oc2ccccc12. The van der Waals surface area contributed by atoms with Crippen molar-refractivity contribution in [2.75, 3.05) is 20.2 Å². The third-order valence-corrected chi connectivity index (χ3v) is 4.26. The van der Waals surface area contributed by atoms with Gasteiger partial charge in [0.25, 0.3) is 11.8 Å². The predicted octanol–water partition coefficient (Wildman–Crippen LogP) is 3.16. The van der Waals surface area contributed by atoms with Crippen molar-refractivity contribution in [3.8, 4) is 5.75 Å². The maximum absolute atomic E-state index is 12.5. The van der Waals surface area contributed by atoms with Gasteiger partial charge in [-0.1, -0.05) is 25.1 Å². The molecular formula is C21H22N2O4. The number of amides is 2. The van der Waals surface area contributed by atoms with Crippen LogP contribution in [0, 0.1) is 0 Å². The first-order valence-electron chi connectivity index (χ1n) is 8.87. The minimum Gasteiger partial charge on any atom is -0.492 e. The van der Waals surface area contributed by atoms with E-state index >= 15 is 0 Å². The standard InChI is InChI=1S/C21H22N2O4/c1-3-16-17-6-4-5-7-18(17)27-19(16)21(25)23-12-13-26-15-10-8-14(9-11-15)20(24)22-2/h4-11H,3,12-13H2,1-2H3,(H,22,24)(H,23,25). The van der Waals surface area contributed by atoms with E-state index in [1.807, 2.05) is 31.2 Å². The smallest absolute Gasteiger partial charge is 0.287 e. The van der Waals surface area contributed by atoms with Gasteiger partial charge in [-0.25, -0.2) is 0 Å². The zero-order valence-corrected chi connectivity index (χ0v) is 15.4. The highest BCUT2D eigenvalue weighted by atomic mass is 16.5. The molecule has 0 aliphatic carbocycles. The van der Waals surface area contributed by atoms with E-state index in [-0.39, 0.29) is 11.8 Å². The Labute approximate surface area is 157 Å². The highest BCUT2D eigenvalue weighted by molar-refractivity contribution is 5.99. The van der Waals surface area contributed by atoms with Gasteiger partial charge in [0.2, 0.25) is 0 Å². The number of rotatable bonds is 7. The number of para-hydroxylation sites is 1. The summed E-state index contributed by atoms with van der Waals surface area (Å²) in [4.78, 5) is 24.0. The fraction of sp³-hybridized carbons (Fsp3) is 0.238. The maximum Gasteiger partial charge on any atom is 0.287 e. The number of carbonyl (C=O) groups excluding carboxylic acids is 2. The lowest BCUT2D eigenvalue weighted by Gasteiger charge is -2.08. The van der Waals surface area contributed by atoms with Crippen LogP contribution in [0.3, 0.4) is 0 Å². The Morgan fingerprint density at radius 3 is 2.48 bits per heavy atom. The summed E-state index contributed by atoms with van der Waals surface area (Å²) < 4.78 is 11.3. The fourth-order valence-electron chi connectivity index (χ4n) is 2.89. The molecule has 2 N–H and O–H groups in total. The van der Waals surface area contributed by atoms with Crippen LogP contribution in [0.4, 0.5) is 0 Å². The van der Waals surface area contributed by atoms with E-state index in [1.54, 1.807) is 31.3 Å². The zero-order chi connectivity index (χ0) is 19.2. The molecule has 2 amide bonds. The Balaban J connectivity index is 1.55. The molecule has 1 aromatic heterocycles. The van der Waals surface area contributed by atoms with Crippen LogP contribution < -0.4 is 15.4 Å². The van der Waals surface area contributed by atoms with Gasteiger partial charge in [-0.2, -0.15) is 0 Å². The average molecular weight is 366 g/mol. The van der Waals surface area contributed by atoms with Crippen LogP contribution in [0.15, 0.2) is 52.9 Å². The summed E-state index contributed by atoms with van der Waals surface area (Å²) in [5, 5.41) is 6.36. The Morgan fingerprint density at radius 2 is 1.78 bits per heavy atom. The molecule has 2 aromatic carbocycles. The number of carbonyl (C=O) groups is 2. The number of furan rings is 1. The molecule has 0 spiro atoms. The van der Waals surface area contributed by atoms with Crippen molar-refractivity contribution < 1.29 is 18.7 Å². The van der Waals surface area contributed by atoms with E-state index in [1.165, 1.54) is 0 Å². The van der Waals surface area contributed by atoms with Gasteiger partial charge in [0.15, 0.2) is 5.76 Å².